The van der Waals surface area contributed by atoms with E-state index in [1.807, 2.05) is 9.58 Å². The first-order valence-corrected chi connectivity index (χ1v) is 11.3. The van der Waals surface area contributed by atoms with Crippen molar-refractivity contribution in [2.75, 3.05) is 50.7 Å². The molecule has 3 aromatic rings. The molecule has 0 saturated carbocycles. The number of nitrogens with two attached hydrogens (primary N) is 1. The average molecular weight is 462 g/mol. The highest BCUT2D eigenvalue weighted by atomic mass is 16.2. The lowest BCUT2D eigenvalue weighted by atomic mass is 10.00. The maximum atomic E-state index is 12.8. The van der Waals surface area contributed by atoms with Crippen molar-refractivity contribution in [1.82, 2.24) is 34.8 Å². The second-order valence-electron chi connectivity index (χ2n) is 8.79. The first-order valence-electron chi connectivity index (χ1n) is 11.3. The topological polar surface area (TPSA) is 126 Å². The third-order valence-electron chi connectivity index (χ3n) is 6.43. The van der Waals surface area contributed by atoms with Crippen molar-refractivity contribution in [3.05, 3.63) is 48.3 Å². The van der Waals surface area contributed by atoms with Crippen molar-refractivity contribution in [2.45, 2.75) is 6.54 Å². The highest BCUT2D eigenvalue weighted by Gasteiger charge is 2.31. The third-order valence-corrected chi connectivity index (χ3v) is 6.43. The molecule has 176 valence electrons. The Labute approximate surface area is 196 Å². The normalized spacial score (nSPS) is 17.1. The summed E-state index contributed by atoms with van der Waals surface area (Å²) in [6, 6.07) is 5.15. The molecule has 0 atom stereocenters. The number of aromatic nitrogens is 5. The molecule has 0 aliphatic carbocycles. The predicted octanol–water partition coefficient (Wildman–Crippen LogP) is 0.244. The smallest absolute Gasteiger partial charge is 0.248 e. The number of carbonyl (C=O) groups is 2. The number of anilines is 1. The Morgan fingerprint density at radius 1 is 1.12 bits per heavy atom. The molecule has 0 radical (unpaired) electrons. The molecule has 2 fully saturated rings. The van der Waals surface area contributed by atoms with E-state index < -0.39 is 5.91 Å². The van der Waals surface area contributed by atoms with Crippen LogP contribution in [0.3, 0.4) is 0 Å². The van der Waals surface area contributed by atoms with Gasteiger partial charge in [0.15, 0.2) is 0 Å². The van der Waals surface area contributed by atoms with Crippen molar-refractivity contribution in [1.29, 1.82) is 0 Å². The number of amides is 2. The van der Waals surface area contributed by atoms with Gasteiger partial charge in [0.05, 0.1) is 12.1 Å². The molecule has 5 rings (SSSR count). The largest absolute Gasteiger partial charge is 0.366 e. The van der Waals surface area contributed by atoms with Crippen LogP contribution in [0.15, 0.2) is 37.2 Å². The van der Waals surface area contributed by atoms with Gasteiger partial charge in [-0.3, -0.25) is 14.5 Å². The number of rotatable bonds is 7. The van der Waals surface area contributed by atoms with E-state index in [1.54, 1.807) is 36.7 Å². The number of benzene rings is 1. The molecule has 1 aromatic carbocycles. The summed E-state index contributed by atoms with van der Waals surface area (Å²) >= 11 is 0. The molecule has 2 aliphatic heterocycles. The second-order valence-corrected chi connectivity index (χ2v) is 8.79. The third kappa shape index (κ3) is 4.46. The van der Waals surface area contributed by atoms with Crippen LogP contribution in [0.4, 0.5) is 5.95 Å². The highest BCUT2D eigenvalue weighted by Crippen LogP contribution is 2.21. The first-order chi connectivity index (χ1) is 16.5. The van der Waals surface area contributed by atoms with E-state index >= 15 is 0 Å². The summed E-state index contributed by atoms with van der Waals surface area (Å²) in [6.07, 6.45) is 5.23. The molecular formula is C23H27N9O2. The van der Waals surface area contributed by atoms with Crippen LogP contribution >= 0.6 is 0 Å². The number of carbonyl (C=O) groups excluding carboxylic acids is 2. The van der Waals surface area contributed by atoms with Gasteiger partial charge in [-0.1, -0.05) is 17.9 Å². The van der Waals surface area contributed by atoms with Crippen LogP contribution in [0.2, 0.25) is 0 Å². The standard InChI is InChI=1S/C23H27N9O2/c1-2-16-10-25-23(26-11-16)31-7-5-30(6-8-31)21(33)15-29-12-17(13-29)14-32-20-9-18(22(24)34)3-4-19(20)27-28-32/h2-4,9-11,17H,1,5-8,12-15H2,(H2,24,34). The number of nitrogens with zero attached hydrogens (tertiary/aromatic N) is 8. The fourth-order valence-electron chi connectivity index (χ4n) is 4.47. The number of fused-ring (bicyclic) bond motifs is 1. The minimum atomic E-state index is -0.470. The van der Waals surface area contributed by atoms with Gasteiger partial charge in [-0.25, -0.2) is 14.6 Å². The van der Waals surface area contributed by atoms with Gasteiger partial charge in [-0.2, -0.15) is 0 Å². The van der Waals surface area contributed by atoms with Crippen LogP contribution in [-0.4, -0.2) is 92.4 Å². The number of likely N-dealkylation sites (tertiary alicyclic amines) is 1. The highest BCUT2D eigenvalue weighted by molar-refractivity contribution is 5.96. The zero-order valence-electron chi connectivity index (χ0n) is 18.9. The van der Waals surface area contributed by atoms with E-state index in [2.05, 4.69) is 36.7 Å². The average Bonchev–Trinajstić information content (AvgIpc) is 3.24. The quantitative estimate of drug-likeness (QED) is 0.530. The monoisotopic (exact) mass is 461 g/mol. The van der Waals surface area contributed by atoms with Crippen molar-refractivity contribution in [2.24, 2.45) is 11.7 Å². The fraction of sp³-hybridized carbons (Fsp3) is 0.391. The zero-order valence-corrected chi connectivity index (χ0v) is 18.9. The Bertz CT molecular complexity index is 1210. The van der Waals surface area contributed by atoms with E-state index in [9.17, 15) is 9.59 Å². The van der Waals surface area contributed by atoms with Crippen molar-refractivity contribution < 1.29 is 9.59 Å². The predicted molar refractivity (Wildman–Crippen MR) is 127 cm³/mol. The SMILES string of the molecule is C=Cc1cnc(N2CCN(C(=O)CN3CC(Cn4nnc5ccc(C(N)=O)cc54)C3)CC2)nc1. The molecule has 2 aliphatic rings. The minimum Gasteiger partial charge on any atom is -0.366 e. The molecule has 2 amide bonds. The van der Waals surface area contributed by atoms with Gasteiger partial charge in [0.2, 0.25) is 17.8 Å². The Hall–Kier alpha value is -3.86. The van der Waals surface area contributed by atoms with Gasteiger partial charge in [-0.15, -0.1) is 5.10 Å². The number of hydrogen-bond donors (Lipinski definition) is 1. The lowest BCUT2D eigenvalue weighted by Crippen LogP contribution is -2.55. The molecular weight excluding hydrogens is 434 g/mol. The fourth-order valence-corrected chi connectivity index (χ4v) is 4.47. The Balaban J connectivity index is 1.09. The molecule has 2 saturated heterocycles. The molecule has 11 heteroatoms. The van der Waals surface area contributed by atoms with E-state index in [4.69, 9.17) is 5.73 Å². The van der Waals surface area contributed by atoms with Gasteiger partial charge < -0.3 is 15.5 Å². The molecule has 2 N–H and O–H groups in total. The number of hydrogen-bond acceptors (Lipinski definition) is 8. The van der Waals surface area contributed by atoms with Crippen molar-refractivity contribution in [3.8, 4) is 0 Å². The van der Waals surface area contributed by atoms with Gasteiger partial charge in [0, 0.05) is 75.3 Å². The van der Waals surface area contributed by atoms with Crippen molar-refractivity contribution in [3.63, 3.8) is 0 Å². The maximum absolute atomic E-state index is 12.8. The number of primary amides is 1. The summed E-state index contributed by atoms with van der Waals surface area (Å²) in [5.41, 5.74) is 8.25. The Morgan fingerprint density at radius 3 is 2.53 bits per heavy atom. The lowest BCUT2D eigenvalue weighted by molar-refractivity contribution is -0.134. The molecule has 0 spiro atoms. The molecule has 0 bridgehead atoms. The zero-order chi connectivity index (χ0) is 23.7. The van der Waals surface area contributed by atoms with Crippen LogP contribution in [0.25, 0.3) is 17.1 Å². The first kappa shape index (κ1) is 22.0. The van der Waals surface area contributed by atoms with E-state index in [1.165, 1.54) is 0 Å². The van der Waals surface area contributed by atoms with Crippen LogP contribution in [0, 0.1) is 5.92 Å². The second kappa shape index (κ2) is 9.18. The van der Waals surface area contributed by atoms with Gasteiger partial charge in [0.1, 0.15) is 5.52 Å². The summed E-state index contributed by atoms with van der Waals surface area (Å²) in [6.45, 7) is 9.24. The summed E-state index contributed by atoms with van der Waals surface area (Å²) in [5, 5.41) is 8.38. The Kier molecular flexibility index (Phi) is 5.93. The summed E-state index contributed by atoms with van der Waals surface area (Å²) < 4.78 is 1.81. The summed E-state index contributed by atoms with van der Waals surface area (Å²) in [5.74, 6) is 0.745. The van der Waals surface area contributed by atoms with E-state index in [0.717, 1.165) is 29.7 Å². The minimum absolute atomic E-state index is 0.151. The maximum Gasteiger partial charge on any atom is 0.248 e. The number of piperazine rings is 1. The van der Waals surface area contributed by atoms with Gasteiger partial charge >= 0.3 is 0 Å². The molecule has 4 heterocycles. The van der Waals surface area contributed by atoms with E-state index in [-0.39, 0.29) is 5.91 Å². The van der Waals surface area contributed by atoms with Crippen LogP contribution in [0.5, 0.6) is 0 Å². The summed E-state index contributed by atoms with van der Waals surface area (Å²) in [7, 11) is 0. The van der Waals surface area contributed by atoms with Crippen LogP contribution in [0.1, 0.15) is 15.9 Å². The van der Waals surface area contributed by atoms with Crippen LogP contribution in [-0.2, 0) is 11.3 Å². The lowest BCUT2D eigenvalue weighted by Gasteiger charge is -2.41. The Morgan fingerprint density at radius 2 is 1.85 bits per heavy atom. The van der Waals surface area contributed by atoms with Crippen LogP contribution < -0.4 is 10.6 Å². The van der Waals surface area contributed by atoms with Gasteiger partial charge in [0.25, 0.3) is 0 Å². The van der Waals surface area contributed by atoms with E-state index in [0.29, 0.717) is 56.7 Å². The van der Waals surface area contributed by atoms with Gasteiger partial charge in [-0.05, 0) is 18.2 Å². The molecule has 34 heavy (non-hydrogen) atoms. The van der Waals surface area contributed by atoms with Crippen molar-refractivity contribution >= 4 is 34.9 Å². The summed E-state index contributed by atoms with van der Waals surface area (Å²) in [4.78, 5) is 39.2. The molecule has 2 aromatic heterocycles. The molecule has 11 nitrogen and oxygen atoms in total. The molecule has 0 unspecified atom stereocenters.